The van der Waals surface area contributed by atoms with Crippen LogP contribution in [-0.2, 0) is 7.05 Å². The van der Waals surface area contributed by atoms with E-state index in [0.717, 1.165) is 27.7 Å². The first-order valence-corrected chi connectivity index (χ1v) is 6.55. The standard InChI is InChI=1S/C15H12N6/c1-21-8-12(7-18-21)11-3-2-10-4-5-13(19-14(10)6-11)15-16-9-17-20-15/h2-9H,1H3,(H,16,17,20). The van der Waals surface area contributed by atoms with Crippen molar-refractivity contribution < 1.29 is 0 Å². The zero-order valence-electron chi connectivity index (χ0n) is 11.4. The van der Waals surface area contributed by atoms with Crippen LogP contribution in [0.25, 0.3) is 33.5 Å². The Balaban J connectivity index is 1.86. The molecule has 0 spiro atoms. The summed E-state index contributed by atoms with van der Waals surface area (Å²) in [6, 6.07) is 10.2. The molecule has 0 saturated heterocycles. The maximum Gasteiger partial charge on any atom is 0.174 e. The van der Waals surface area contributed by atoms with Gasteiger partial charge in [0.15, 0.2) is 5.82 Å². The van der Waals surface area contributed by atoms with Crippen molar-refractivity contribution >= 4 is 10.9 Å². The second-order valence-corrected chi connectivity index (χ2v) is 4.84. The highest BCUT2D eigenvalue weighted by atomic mass is 15.2. The molecular formula is C15H12N6. The predicted octanol–water partition coefficient (Wildman–Crippen LogP) is 2.42. The van der Waals surface area contributed by atoms with Gasteiger partial charge in [0.25, 0.3) is 0 Å². The van der Waals surface area contributed by atoms with Crippen LogP contribution in [0.5, 0.6) is 0 Å². The van der Waals surface area contributed by atoms with E-state index in [4.69, 9.17) is 0 Å². The average molecular weight is 276 g/mol. The number of nitrogens with one attached hydrogen (secondary N) is 1. The van der Waals surface area contributed by atoms with E-state index < -0.39 is 0 Å². The van der Waals surface area contributed by atoms with Gasteiger partial charge in [-0.1, -0.05) is 18.2 Å². The van der Waals surface area contributed by atoms with Crippen LogP contribution in [-0.4, -0.2) is 29.9 Å². The summed E-state index contributed by atoms with van der Waals surface area (Å²) < 4.78 is 1.79. The van der Waals surface area contributed by atoms with Gasteiger partial charge >= 0.3 is 0 Å². The van der Waals surface area contributed by atoms with Crippen LogP contribution in [0.3, 0.4) is 0 Å². The molecule has 0 atom stereocenters. The fourth-order valence-electron chi connectivity index (χ4n) is 2.33. The van der Waals surface area contributed by atoms with E-state index >= 15 is 0 Å². The minimum absolute atomic E-state index is 0.670. The van der Waals surface area contributed by atoms with Crippen LogP contribution in [0, 0.1) is 0 Å². The highest BCUT2D eigenvalue weighted by molar-refractivity contribution is 5.85. The Morgan fingerprint density at radius 2 is 2.00 bits per heavy atom. The Bertz CT molecular complexity index is 907. The molecule has 6 nitrogen and oxygen atoms in total. The second kappa shape index (κ2) is 4.52. The molecule has 0 amide bonds. The molecule has 4 rings (SSSR count). The Morgan fingerprint density at radius 3 is 2.76 bits per heavy atom. The smallest absolute Gasteiger partial charge is 0.174 e. The normalized spacial score (nSPS) is 11.1. The number of aryl methyl sites for hydroxylation is 1. The van der Waals surface area contributed by atoms with Gasteiger partial charge in [-0.15, -0.1) is 0 Å². The van der Waals surface area contributed by atoms with Crippen molar-refractivity contribution in [3.63, 3.8) is 0 Å². The maximum atomic E-state index is 4.65. The summed E-state index contributed by atoms with van der Waals surface area (Å²) >= 11 is 0. The van der Waals surface area contributed by atoms with Gasteiger partial charge < -0.3 is 0 Å². The van der Waals surface area contributed by atoms with Gasteiger partial charge in [-0.05, 0) is 17.7 Å². The highest BCUT2D eigenvalue weighted by Crippen LogP contribution is 2.24. The average Bonchev–Trinajstić information content (AvgIpc) is 3.17. The first-order valence-electron chi connectivity index (χ1n) is 6.55. The number of aromatic amines is 1. The van der Waals surface area contributed by atoms with Gasteiger partial charge in [-0.25, -0.2) is 9.97 Å². The lowest BCUT2D eigenvalue weighted by Crippen LogP contribution is -1.88. The molecule has 0 bridgehead atoms. The van der Waals surface area contributed by atoms with E-state index in [2.05, 4.69) is 43.5 Å². The van der Waals surface area contributed by atoms with Gasteiger partial charge in [0.05, 0.1) is 11.7 Å². The van der Waals surface area contributed by atoms with Crippen LogP contribution < -0.4 is 0 Å². The Labute approximate surface area is 120 Å². The molecule has 102 valence electrons. The number of H-pyrrole nitrogens is 1. The highest BCUT2D eigenvalue weighted by Gasteiger charge is 2.06. The lowest BCUT2D eigenvalue weighted by molar-refractivity contribution is 0.768. The van der Waals surface area contributed by atoms with E-state index in [1.807, 2.05) is 31.6 Å². The zero-order chi connectivity index (χ0) is 14.2. The van der Waals surface area contributed by atoms with Crippen molar-refractivity contribution in [2.75, 3.05) is 0 Å². The third kappa shape index (κ3) is 2.06. The molecule has 0 fully saturated rings. The molecule has 3 heterocycles. The van der Waals surface area contributed by atoms with Crippen molar-refractivity contribution in [3.05, 3.63) is 49.1 Å². The van der Waals surface area contributed by atoms with Gasteiger partial charge in [0.2, 0.25) is 0 Å². The molecule has 0 saturated carbocycles. The minimum atomic E-state index is 0.670. The first-order chi connectivity index (χ1) is 10.3. The molecular weight excluding hydrogens is 264 g/mol. The summed E-state index contributed by atoms with van der Waals surface area (Å²) in [4.78, 5) is 8.78. The second-order valence-electron chi connectivity index (χ2n) is 4.84. The summed E-state index contributed by atoms with van der Waals surface area (Å²) in [6.07, 6.45) is 5.32. The maximum absolute atomic E-state index is 4.65. The van der Waals surface area contributed by atoms with Crippen molar-refractivity contribution in [2.45, 2.75) is 0 Å². The zero-order valence-corrected chi connectivity index (χ0v) is 11.4. The van der Waals surface area contributed by atoms with Gasteiger partial charge in [-0.2, -0.15) is 10.2 Å². The van der Waals surface area contributed by atoms with Crippen LogP contribution in [0.15, 0.2) is 49.1 Å². The van der Waals surface area contributed by atoms with E-state index in [9.17, 15) is 0 Å². The molecule has 0 unspecified atom stereocenters. The van der Waals surface area contributed by atoms with Gasteiger partial charge in [0, 0.05) is 24.2 Å². The molecule has 6 heteroatoms. The largest absolute Gasteiger partial charge is 0.275 e. The van der Waals surface area contributed by atoms with E-state index in [1.54, 1.807) is 4.68 Å². The first kappa shape index (κ1) is 11.8. The summed E-state index contributed by atoms with van der Waals surface area (Å²) in [5, 5.41) is 12.0. The van der Waals surface area contributed by atoms with Crippen LogP contribution in [0.1, 0.15) is 0 Å². The fourth-order valence-corrected chi connectivity index (χ4v) is 2.33. The molecule has 3 aromatic heterocycles. The topological polar surface area (TPSA) is 72.3 Å². The third-order valence-corrected chi connectivity index (χ3v) is 3.39. The fraction of sp³-hybridized carbons (Fsp3) is 0.0667. The summed E-state index contributed by atoms with van der Waals surface area (Å²) in [6.45, 7) is 0. The quantitative estimate of drug-likeness (QED) is 0.610. The Morgan fingerprint density at radius 1 is 1.10 bits per heavy atom. The molecule has 0 aliphatic carbocycles. The minimum Gasteiger partial charge on any atom is -0.275 e. The molecule has 0 radical (unpaired) electrons. The van der Waals surface area contributed by atoms with E-state index in [0.29, 0.717) is 5.82 Å². The van der Waals surface area contributed by atoms with Crippen LogP contribution in [0.4, 0.5) is 0 Å². The molecule has 0 aliphatic heterocycles. The number of hydrogen-bond acceptors (Lipinski definition) is 4. The van der Waals surface area contributed by atoms with Gasteiger partial charge in [-0.3, -0.25) is 9.78 Å². The number of aromatic nitrogens is 6. The number of fused-ring (bicyclic) bond motifs is 1. The summed E-state index contributed by atoms with van der Waals surface area (Å²) in [7, 11) is 1.91. The lowest BCUT2D eigenvalue weighted by Gasteiger charge is -2.03. The van der Waals surface area contributed by atoms with Crippen molar-refractivity contribution in [3.8, 4) is 22.6 Å². The van der Waals surface area contributed by atoms with Crippen molar-refractivity contribution in [1.82, 2.24) is 29.9 Å². The molecule has 1 N–H and O–H groups in total. The third-order valence-electron chi connectivity index (χ3n) is 3.39. The molecule has 1 aromatic carbocycles. The predicted molar refractivity (Wildman–Crippen MR) is 79.3 cm³/mol. The molecule has 4 aromatic rings. The number of nitrogens with zero attached hydrogens (tertiary/aromatic N) is 5. The van der Waals surface area contributed by atoms with Crippen molar-refractivity contribution in [1.29, 1.82) is 0 Å². The monoisotopic (exact) mass is 276 g/mol. The van der Waals surface area contributed by atoms with Crippen LogP contribution >= 0.6 is 0 Å². The lowest BCUT2D eigenvalue weighted by atomic mass is 10.1. The molecule has 21 heavy (non-hydrogen) atoms. The number of pyridine rings is 1. The Hall–Kier alpha value is -3.02. The van der Waals surface area contributed by atoms with Crippen LogP contribution in [0.2, 0.25) is 0 Å². The number of benzene rings is 1. The Kier molecular flexibility index (Phi) is 2.53. The van der Waals surface area contributed by atoms with Crippen molar-refractivity contribution in [2.24, 2.45) is 7.05 Å². The summed E-state index contributed by atoms with van der Waals surface area (Å²) in [5.41, 5.74) is 3.87. The SMILES string of the molecule is Cn1cc(-c2ccc3ccc(-c4ncn[nH]4)nc3c2)cn1. The van der Waals surface area contributed by atoms with E-state index in [1.165, 1.54) is 6.33 Å². The van der Waals surface area contributed by atoms with E-state index in [-0.39, 0.29) is 0 Å². The van der Waals surface area contributed by atoms with Gasteiger partial charge in [0.1, 0.15) is 12.0 Å². The number of rotatable bonds is 2. The molecule has 0 aliphatic rings. The summed E-state index contributed by atoms with van der Waals surface area (Å²) in [5.74, 6) is 0.670. The number of hydrogen-bond donors (Lipinski definition) is 1.